The first-order valence-corrected chi connectivity index (χ1v) is 7.99. The van der Waals surface area contributed by atoms with Gasteiger partial charge in [-0.25, -0.2) is 4.98 Å². The molecule has 3 aromatic rings. The molecule has 1 aliphatic carbocycles. The summed E-state index contributed by atoms with van der Waals surface area (Å²) < 4.78 is 28.9. The normalized spacial score (nSPS) is 14.0. The average molecular weight is 346 g/mol. The molecule has 0 atom stereocenters. The number of hydrogen-bond acceptors (Lipinski definition) is 4. The number of aryl methyl sites for hydroxylation is 2. The van der Waals surface area contributed by atoms with Crippen molar-refractivity contribution < 1.29 is 13.6 Å². The zero-order valence-electron chi connectivity index (χ0n) is 13.5. The van der Waals surface area contributed by atoms with Crippen LogP contribution in [0, 0.1) is 6.92 Å². The van der Waals surface area contributed by atoms with E-state index in [9.17, 15) is 13.6 Å². The number of rotatable bonds is 4. The summed E-state index contributed by atoms with van der Waals surface area (Å²) in [6.45, 7) is 0.983. The summed E-state index contributed by atoms with van der Waals surface area (Å²) in [7, 11) is 0. The standard InChI is InChI=1S/C16H16F2N6O/c1-8-10-5-12(19-6-13(10)23-21-8)15(25)20-7-16(17,18)14-9-3-2-4-11(9)22-24-14/h5-6H,2-4,7H2,1H3,(H,20,25)(H,21,23)(H,22,24). The van der Waals surface area contributed by atoms with E-state index in [1.54, 1.807) is 0 Å². The van der Waals surface area contributed by atoms with Crippen molar-refractivity contribution in [2.45, 2.75) is 32.1 Å². The van der Waals surface area contributed by atoms with Crippen LogP contribution in [0.4, 0.5) is 8.78 Å². The first kappa shape index (κ1) is 15.7. The molecule has 0 unspecified atom stereocenters. The van der Waals surface area contributed by atoms with E-state index < -0.39 is 18.4 Å². The van der Waals surface area contributed by atoms with Gasteiger partial charge in [0, 0.05) is 22.3 Å². The number of pyridine rings is 1. The third-order valence-corrected chi connectivity index (χ3v) is 4.49. The number of alkyl halides is 2. The molecule has 1 aliphatic rings. The summed E-state index contributed by atoms with van der Waals surface area (Å²) in [5.74, 6) is -3.89. The van der Waals surface area contributed by atoms with Crippen LogP contribution in [0.3, 0.4) is 0 Å². The Kier molecular flexibility index (Phi) is 3.52. The van der Waals surface area contributed by atoms with E-state index in [-0.39, 0.29) is 11.4 Å². The van der Waals surface area contributed by atoms with Gasteiger partial charge in [-0.2, -0.15) is 19.0 Å². The maximum absolute atomic E-state index is 14.5. The van der Waals surface area contributed by atoms with Gasteiger partial charge in [0.1, 0.15) is 16.9 Å². The smallest absolute Gasteiger partial charge is 0.308 e. The fourth-order valence-electron chi connectivity index (χ4n) is 3.15. The van der Waals surface area contributed by atoms with Crippen molar-refractivity contribution >= 4 is 16.8 Å². The molecule has 7 nitrogen and oxygen atoms in total. The van der Waals surface area contributed by atoms with Gasteiger partial charge in [-0.15, -0.1) is 0 Å². The second-order valence-electron chi connectivity index (χ2n) is 6.21. The molecule has 0 aliphatic heterocycles. The molecule has 0 bridgehead atoms. The average Bonchev–Trinajstić information content (AvgIpc) is 3.28. The minimum absolute atomic E-state index is 0.0695. The van der Waals surface area contributed by atoms with Crippen molar-refractivity contribution in [3.05, 3.63) is 40.6 Å². The van der Waals surface area contributed by atoms with Crippen LogP contribution >= 0.6 is 0 Å². The Morgan fingerprint density at radius 2 is 2.16 bits per heavy atom. The Labute approximate surface area is 141 Å². The molecule has 4 rings (SSSR count). The van der Waals surface area contributed by atoms with Crippen LogP contribution in [0.15, 0.2) is 12.3 Å². The van der Waals surface area contributed by atoms with Gasteiger partial charge in [-0.1, -0.05) is 0 Å². The number of aromatic amines is 2. The number of hydrogen-bond donors (Lipinski definition) is 3. The lowest BCUT2D eigenvalue weighted by Gasteiger charge is -2.16. The highest BCUT2D eigenvalue weighted by Crippen LogP contribution is 2.33. The van der Waals surface area contributed by atoms with Crippen molar-refractivity contribution in [3.8, 4) is 0 Å². The Morgan fingerprint density at radius 3 is 3.00 bits per heavy atom. The molecular weight excluding hydrogens is 330 g/mol. The first-order chi connectivity index (χ1) is 12.0. The minimum Gasteiger partial charge on any atom is -0.344 e. The molecule has 3 heterocycles. The summed E-state index contributed by atoms with van der Waals surface area (Å²) in [5.41, 5.74) is 2.54. The van der Waals surface area contributed by atoms with Gasteiger partial charge in [0.15, 0.2) is 0 Å². The molecule has 0 saturated carbocycles. The number of fused-ring (bicyclic) bond motifs is 2. The summed E-state index contributed by atoms with van der Waals surface area (Å²) in [4.78, 5) is 16.2. The molecule has 0 spiro atoms. The molecule has 0 aromatic carbocycles. The second-order valence-corrected chi connectivity index (χ2v) is 6.21. The number of halogens is 2. The maximum atomic E-state index is 14.5. The Hall–Kier alpha value is -2.84. The summed E-state index contributed by atoms with van der Waals surface area (Å²) >= 11 is 0. The Bertz CT molecular complexity index is 961. The van der Waals surface area contributed by atoms with E-state index in [2.05, 4.69) is 30.7 Å². The predicted molar refractivity (Wildman–Crippen MR) is 85.5 cm³/mol. The SMILES string of the molecule is Cc1[nH]nc2cnc(C(=O)NCC(F)(F)c3n[nH]c4c3CCC4)cc12. The quantitative estimate of drug-likeness (QED) is 0.673. The highest BCUT2D eigenvalue weighted by molar-refractivity contribution is 5.96. The summed E-state index contributed by atoms with van der Waals surface area (Å²) in [6.07, 6.45) is 3.60. The highest BCUT2D eigenvalue weighted by atomic mass is 19.3. The van der Waals surface area contributed by atoms with E-state index in [0.29, 0.717) is 17.5 Å². The van der Waals surface area contributed by atoms with Gasteiger partial charge in [-0.05, 0) is 32.3 Å². The third-order valence-electron chi connectivity index (χ3n) is 4.49. The van der Waals surface area contributed by atoms with Gasteiger partial charge < -0.3 is 5.32 Å². The molecular formula is C16H16F2N6O. The van der Waals surface area contributed by atoms with Crippen LogP contribution in [0.25, 0.3) is 10.9 Å². The van der Waals surface area contributed by atoms with E-state index in [4.69, 9.17) is 0 Å². The van der Waals surface area contributed by atoms with Crippen molar-refractivity contribution in [2.24, 2.45) is 0 Å². The van der Waals surface area contributed by atoms with E-state index >= 15 is 0 Å². The number of amides is 1. The second kappa shape index (κ2) is 5.61. The summed E-state index contributed by atoms with van der Waals surface area (Å²) in [5, 5.41) is 16.2. The van der Waals surface area contributed by atoms with E-state index in [1.807, 2.05) is 6.92 Å². The van der Waals surface area contributed by atoms with Crippen LogP contribution < -0.4 is 5.32 Å². The van der Waals surface area contributed by atoms with Gasteiger partial charge in [0.2, 0.25) is 0 Å². The molecule has 0 fully saturated rings. The zero-order valence-corrected chi connectivity index (χ0v) is 13.5. The Balaban J connectivity index is 1.51. The van der Waals surface area contributed by atoms with Crippen molar-refractivity contribution in [1.29, 1.82) is 0 Å². The number of nitrogens with zero attached hydrogens (tertiary/aromatic N) is 3. The van der Waals surface area contributed by atoms with Gasteiger partial charge in [0.05, 0.1) is 12.7 Å². The van der Waals surface area contributed by atoms with Crippen molar-refractivity contribution in [1.82, 2.24) is 30.7 Å². The molecule has 3 aromatic heterocycles. The number of aromatic nitrogens is 5. The lowest BCUT2D eigenvalue weighted by atomic mass is 10.1. The van der Waals surface area contributed by atoms with Gasteiger partial charge in [0.25, 0.3) is 5.91 Å². The molecule has 25 heavy (non-hydrogen) atoms. The predicted octanol–water partition coefficient (Wildman–Crippen LogP) is 2.00. The van der Waals surface area contributed by atoms with Crippen LogP contribution in [0.1, 0.15) is 39.6 Å². The first-order valence-electron chi connectivity index (χ1n) is 7.99. The molecule has 0 saturated heterocycles. The number of carbonyl (C=O) groups excluding carboxylic acids is 1. The fraction of sp³-hybridized carbons (Fsp3) is 0.375. The van der Waals surface area contributed by atoms with Gasteiger partial charge in [-0.3, -0.25) is 15.0 Å². The van der Waals surface area contributed by atoms with E-state index in [0.717, 1.165) is 29.6 Å². The topological polar surface area (TPSA) is 99.3 Å². The molecule has 1 amide bonds. The minimum atomic E-state index is -3.24. The number of H-pyrrole nitrogens is 2. The monoisotopic (exact) mass is 346 g/mol. The van der Waals surface area contributed by atoms with Crippen molar-refractivity contribution in [3.63, 3.8) is 0 Å². The molecule has 0 radical (unpaired) electrons. The zero-order chi connectivity index (χ0) is 17.6. The van der Waals surface area contributed by atoms with Crippen LogP contribution in [0.2, 0.25) is 0 Å². The Morgan fingerprint density at radius 1 is 1.32 bits per heavy atom. The maximum Gasteiger partial charge on any atom is 0.308 e. The lowest BCUT2D eigenvalue weighted by Crippen LogP contribution is -2.36. The molecule has 3 N–H and O–H groups in total. The molecule has 130 valence electrons. The number of nitrogens with one attached hydrogen (secondary N) is 3. The third kappa shape index (κ3) is 2.65. The molecule has 9 heteroatoms. The lowest BCUT2D eigenvalue weighted by molar-refractivity contribution is -0.00762. The van der Waals surface area contributed by atoms with Gasteiger partial charge >= 0.3 is 5.92 Å². The fourth-order valence-corrected chi connectivity index (χ4v) is 3.15. The van der Waals surface area contributed by atoms with Crippen LogP contribution in [-0.2, 0) is 18.8 Å². The van der Waals surface area contributed by atoms with Crippen molar-refractivity contribution in [2.75, 3.05) is 6.54 Å². The summed E-state index contributed by atoms with van der Waals surface area (Å²) in [6, 6.07) is 1.54. The number of carbonyl (C=O) groups is 1. The highest BCUT2D eigenvalue weighted by Gasteiger charge is 2.39. The van der Waals surface area contributed by atoms with E-state index in [1.165, 1.54) is 12.3 Å². The largest absolute Gasteiger partial charge is 0.344 e. The van der Waals surface area contributed by atoms with Crippen LogP contribution in [0.5, 0.6) is 0 Å². The van der Waals surface area contributed by atoms with Crippen LogP contribution in [-0.4, -0.2) is 37.8 Å².